The zero-order valence-corrected chi connectivity index (χ0v) is 17.0. The molecule has 1 heterocycles. The van der Waals surface area contributed by atoms with Crippen molar-refractivity contribution in [3.8, 4) is 11.4 Å². The van der Waals surface area contributed by atoms with E-state index in [1.54, 1.807) is 22.8 Å². The van der Waals surface area contributed by atoms with Crippen LogP contribution in [0.2, 0.25) is 5.02 Å². The van der Waals surface area contributed by atoms with Gasteiger partial charge in [-0.2, -0.15) is 4.39 Å². The van der Waals surface area contributed by atoms with Crippen molar-refractivity contribution in [3.63, 3.8) is 0 Å². The lowest BCUT2D eigenvalue weighted by Gasteiger charge is -2.08. The van der Waals surface area contributed by atoms with Crippen LogP contribution in [0.5, 0.6) is 0 Å². The Bertz CT molecular complexity index is 1100. The number of halogens is 2. The molecule has 30 heavy (non-hydrogen) atoms. The van der Waals surface area contributed by atoms with Gasteiger partial charge in [0.25, 0.3) is 0 Å². The summed E-state index contributed by atoms with van der Waals surface area (Å²) in [7, 11) is 0. The summed E-state index contributed by atoms with van der Waals surface area (Å²) in [6, 6.07) is 10.3. The number of carbonyl (C=O) groups is 1. The van der Waals surface area contributed by atoms with Gasteiger partial charge >= 0.3 is 5.69 Å². The highest BCUT2D eigenvalue weighted by molar-refractivity contribution is 7.99. The van der Waals surface area contributed by atoms with Crippen LogP contribution in [-0.2, 0) is 11.3 Å². The second kappa shape index (κ2) is 9.51. The lowest BCUT2D eigenvalue weighted by Crippen LogP contribution is -2.15. The number of benzene rings is 2. The molecule has 1 amide bonds. The number of hydrogen-bond donors (Lipinski definition) is 1. The molecular formula is C19H15ClFN5O3S. The summed E-state index contributed by atoms with van der Waals surface area (Å²) in [4.78, 5) is 22.2. The van der Waals surface area contributed by atoms with Gasteiger partial charge in [-0.25, -0.2) is 0 Å². The van der Waals surface area contributed by atoms with Gasteiger partial charge in [-0.3, -0.25) is 19.5 Å². The van der Waals surface area contributed by atoms with E-state index in [4.69, 9.17) is 11.6 Å². The smallest absolute Gasteiger partial charge is 0.306 e. The van der Waals surface area contributed by atoms with E-state index in [2.05, 4.69) is 22.1 Å². The number of carbonyl (C=O) groups excluding carboxylic acids is 1. The fourth-order valence-electron chi connectivity index (χ4n) is 2.56. The lowest BCUT2D eigenvalue weighted by atomic mass is 10.2. The third-order valence-corrected chi connectivity index (χ3v) is 5.11. The number of anilines is 1. The van der Waals surface area contributed by atoms with Crippen molar-refractivity contribution in [2.24, 2.45) is 0 Å². The first-order valence-electron chi connectivity index (χ1n) is 8.55. The molecule has 1 N–H and O–H groups in total. The monoisotopic (exact) mass is 447 g/mol. The topological polar surface area (TPSA) is 103 Å². The molecule has 3 rings (SSSR count). The number of amides is 1. The van der Waals surface area contributed by atoms with Crippen LogP contribution in [0, 0.1) is 15.9 Å². The second-order valence-electron chi connectivity index (χ2n) is 5.97. The van der Waals surface area contributed by atoms with Gasteiger partial charge in [0, 0.05) is 28.9 Å². The quantitative estimate of drug-likeness (QED) is 0.235. The lowest BCUT2D eigenvalue weighted by molar-refractivity contribution is -0.387. The molecule has 0 atom stereocenters. The average molecular weight is 448 g/mol. The molecule has 0 fully saturated rings. The molecule has 1 aromatic heterocycles. The normalized spacial score (nSPS) is 10.6. The van der Waals surface area contributed by atoms with Crippen LogP contribution in [0.3, 0.4) is 0 Å². The molecule has 0 radical (unpaired) electrons. The van der Waals surface area contributed by atoms with Crippen molar-refractivity contribution in [1.82, 2.24) is 14.8 Å². The molecule has 2 aromatic carbocycles. The van der Waals surface area contributed by atoms with Crippen LogP contribution in [0.15, 0.2) is 60.3 Å². The first kappa shape index (κ1) is 21.5. The third-order valence-electron chi connectivity index (χ3n) is 3.89. The summed E-state index contributed by atoms with van der Waals surface area (Å²) in [5.41, 5.74) is 0.227. The second-order valence-corrected chi connectivity index (χ2v) is 7.35. The van der Waals surface area contributed by atoms with E-state index in [-0.39, 0.29) is 11.4 Å². The van der Waals surface area contributed by atoms with Crippen molar-refractivity contribution >= 4 is 40.6 Å². The number of nitrogens with one attached hydrogen (secondary N) is 1. The Kier molecular flexibility index (Phi) is 6.80. The van der Waals surface area contributed by atoms with Crippen LogP contribution in [0.25, 0.3) is 11.4 Å². The van der Waals surface area contributed by atoms with E-state index < -0.39 is 22.3 Å². The minimum absolute atomic E-state index is 0.0267. The van der Waals surface area contributed by atoms with Crippen molar-refractivity contribution in [1.29, 1.82) is 0 Å². The molecule has 0 spiro atoms. The van der Waals surface area contributed by atoms with Crippen molar-refractivity contribution < 1.29 is 14.1 Å². The molecule has 3 aromatic rings. The first-order valence-corrected chi connectivity index (χ1v) is 9.92. The van der Waals surface area contributed by atoms with Gasteiger partial charge < -0.3 is 5.32 Å². The number of rotatable bonds is 8. The van der Waals surface area contributed by atoms with Crippen LogP contribution in [0.4, 0.5) is 15.8 Å². The molecular weight excluding hydrogens is 433 g/mol. The maximum absolute atomic E-state index is 13.4. The minimum atomic E-state index is -0.973. The summed E-state index contributed by atoms with van der Waals surface area (Å²) in [5.74, 6) is -0.827. The summed E-state index contributed by atoms with van der Waals surface area (Å²) in [6.07, 6.45) is 1.69. The predicted molar refractivity (Wildman–Crippen MR) is 113 cm³/mol. The molecule has 0 bridgehead atoms. The Labute approximate surface area is 179 Å². The van der Waals surface area contributed by atoms with Gasteiger partial charge in [0.2, 0.25) is 11.7 Å². The van der Waals surface area contributed by atoms with Crippen LogP contribution < -0.4 is 5.32 Å². The van der Waals surface area contributed by atoms with E-state index in [0.717, 1.165) is 29.5 Å². The number of nitrogens with zero attached hydrogens (tertiary/aromatic N) is 4. The molecule has 154 valence electrons. The number of hydrogen-bond acceptors (Lipinski definition) is 6. The number of aromatic nitrogens is 3. The number of allylic oxidation sites excluding steroid dienone is 1. The molecule has 8 nitrogen and oxygen atoms in total. The molecule has 0 aliphatic rings. The van der Waals surface area contributed by atoms with Crippen molar-refractivity contribution in [2.75, 3.05) is 11.1 Å². The molecule has 11 heteroatoms. The first-order chi connectivity index (χ1) is 14.4. The minimum Gasteiger partial charge on any atom is -0.325 e. The van der Waals surface area contributed by atoms with Crippen molar-refractivity contribution in [3.05, 3.63) is 76.1 Å². The highest BCUT2D eigenvalue weighted by atomic mass is 35.5. The van der Waals surface area contributed by atoms with E-state index in [1.807, 2.05) is 12.1 Å². The van der Waals surface area contributed by atoms with Gasteiger partial charge in [-0.1, -0.05) is 29.4 Å². The van der Waals surface area contributed by atoms with Crippen LogP contribution in [-0.4, -0.2) is 31.3 Å². The zero-order valence-electron chi connectivity index (χ0n) is 15.4. The van der Waals surface area contributed by atoms with Gasteiger partial charge in [0.05, 0.1) is 10.7 Å². The fourth-order valence-corrected chi connectivity index (χ4v) is 3.43. The van der Waals surface area contributed by atoms with E-state index in [0.29, 0.717) is 22.5 Å². The predicted octanol–water partition coefficient (Wildman–Crippen LogP) is 4.56. The molecule has 0 saturated carbocycles. The largest absolute Gasteiger partial charge is 0.325 e. The maximum atomic E-state index is 13.4. The van der Waals surface area contributed by atoms with E-state index >= 15 is 0 Å². The van der Waals surface area contributed by atoms with Crippen LogP contribution in [0.1, 0.15) is 0 Å². The number of nitro groups is 1. The molecule has 0 unspecified atom stereocenters. The third kappa shape index (κ3) is 5.02. The van der Waals surface area contributed by atoms with E-state index in [9.17, 15) is 19.3 Å². The van der Waals surface area contributed by atoms with Gasteiger partial charge in [0.15, 0.2) is 11.0 Å². The van der Waals surface area contributed by atoms with Crippen LogP contribution >= 0.6 is 23.4 Å². The maximum Gasteiger partial charge on any atom is 0.306 e. The standard InChI is InChI=1S/C19H15ClFN5O3S/c1-2-9-25-18(12-3-5-13(20)6-4-12)23-24-19(25)30-11-17(27)22-14-7-8-15(21)16(10-14)26(28)29/h2-8,10H,1,9,11H2,(H,22,27). The van der Waals surface area contributed by atoms with Gasteiger partial charge in [0.1, 0.15) is 0 Å². The molecule has 0 saturated heterocycles. The summed E-state index contributed by atoms with van der Waals surface area (Å²) < 4.78 is 15.2. The van der Waals surface area contributed by atoms with Gasteiger partial charge in [-0.05, 0) is 36.4 Å². The summed E-state index contributed by atoms with van der Waals surface area (Å²) in [6.45, 7) is 4.16. The summed E-state index contributed by atoms with van der Waals surface area (Å²) in [5, 5.41) is 22.8. The Balaban J connectivity index is 1.71. The highest BCUT2D eigenvalue weighted by Gasteiger charge is 2.17. The fraction of sp³-hybridized carbons (Fsp3) is 0.105. The number of nitro benzene ring substituents is 1. The molecule has 0 aliphatic heterocycles. The Morgan fingerprint density at radius 1 is 1.30 bits per heavy atom. The number of thioether (sulfide) groups is 1. The Morgan fingerprint density at radius 2 is 2.03 bits per heavy atom. The van der Waals surface area contributed by atoms with Crippen molar-refractivity contribution in [2.45, 2.75) is 11.7 Å². The average Bonchev–Trinajstić information content (AvgIpc) is 3.11. The highest BCUT2D eigenvalue weighted by Crippen LogP contribution is 2.26. The zero-order chi connectivity index (χ0) is 21.7. The SMILES string of the molecule is C=CCn1c(SCC(=O)Nc2ccc(F)c([N+](=O)[O-])c2)nnc1-c1ccc(Cl)cc1. The van der Waals surface area contributed by atoms with Gasteiger partial charge in [-0.15, -0.1) is 16.8 Å². The van der Waals surface area contributed by atoms with E-state index in [1.165, 1.54) is 6.07 Å². The molecule has 0 aliphatic carbocycles. The Morgan fingerprint density at radius 3 is 2.70 bits per heavy atom. The Hall–Kier alpha value is -3.24. The summed E-state index contributed by atoms with van der Waals surface area (Å²) >= 11 is 7.07.